The summed E-state index contributed by atoms with van der Waals surface area (Å²) in [6, 6.07) is 2.16. The monoisotopic (exact) mass is 506 g/mol. The SMILES string of the molecule is CCC(C)C(NC(=O)C(N)CC(C)C)C(=O)NC(Cc1ccc(O)cc1)C(=O)NC(C(=O)O)C(C)C. The second kappa shape index (κ2) is 14.4. The van der Waals surface area contributed by atoms with Crippen molar-refractivity contribution in [1.29, 1.82) is 0 Å². The van der Waals surface area contributed by atoms with Crippen LogP contribution in [0.5, 0.6) is 5.75 Å². The Morgan fingerprint density at radius 2 is 1.42 bits per heavy atom. The number of phenolic OH excluding ortho intramolecular Hbond substituents is 1. The first-order valence-electron chi connectivity index (χ1n) is 12.4. The summed E-state index contributed by atoms with van der Waals surface area (Å²) in [5.41, 5.74) is 6.65. The minimum absolute atomic E-state index is 0.0480. The van der Waals surface area contributed by atoms with E-state index in [1.165, 1.54) is 12.1 Å². The molecule has 0 saturated heterocycles. The van der Waals surface area contributed by atoms with Crippen molar-refractivity contribution in [3.05, 3.63) is 29.8 Å². The van der Waals surface area contributed by atoms with Crippen LogP contribution in [0.3, 0.4) is 0 Å². The number of benzene rings is 1. The van der Waals surface area contributed by atoms with Gasteiger partial charge in [0.15, 0.2) is 0 Å². The zero-order valence-corrected chi connectivity index (χ0v) is 22.1. The Balaban J connectivity index is 3.18. The zero-order chi connectivity index (χ0) is 27.6. The summed E-state index contributed by atoms with van der Waals surface area (Å²) in [4.78, 5) is 50.8. The molecule has 5 atom stereocenters. The Morgan fingerprint density at radius 3 is 1.89 bits per heavy atom. The molecule has 5 unspecified atom stereocenters. The number of carboxylic acids is 1. The maximum Gasteiger partial charge on any atom is 0.326 e. The van der Waals surface area contributed by atoms with Crippen LogP contribution in [0.1, 0.15) is 59.9 Å². The average molecular weight is 507 g/mol. The molecule has 0 aliphatic carbocycles. The Labute approximate surface area is 213 Å². The van der Waals surface area contributed by atoms with Crippen LogP contribution in [0.4, 0.5) is 0 Å². The molecule has 0 saturated carbocycles. The topological polar surface area (TPSA) is 171 Å². The molecule has 3 amide bonds. The molecule has 1 rings (SSSR count). The summed E-state index contributed by atoms with van der Waals surface area (Å²) in [6.07, 6.45) is 1.09. The van der Waals surface area contributed by atoms with Gasteiger partial charge in [0.25, 0.3) is 0 Å². The summed E-state index contributed by atoms with van der Waals surface area (Å²) in [5, 5.41) is 27.0. The van der Waals surface area contributed by atoms with Crippen LogP contribution in [0.25, 0.3) is 0 Å². The van der Waals surface area contributed by atoms with Crippen LogP contribution in [0, 0.1) is 17.8 Å². The van der Waals surface area contributed by atoms with Gasteiger partial charge in [-0.05, 0) is 41.9 Å². The van der Waals surface area contributed by atoms with E-state index in [2.05, 4.69) is 16.0 Å². The fourth-order valence-corrected chi connectivity index (χ4v) is 3.68. The van der Waals surface area contributed by atoms with E-state index in [-0.39, 0.29) is 29.9 Å². The van der Waals surface area contributed by atoms with E-state index in [4.69, 9.17) is 5.73 Å². The van der Waals surface area contributed by atoms with Crippen LogP contribution in [-0.2, 0) is 25.6 Å². The lowest BCUT2D eigenvalue weighted by molar-refractivity contribution is -0.143. The number of carbonyl (C=O) groups excluding carboxylic acids is 3. The van der Waals surface area contributed by atoms with Crippen molar-refractivity contribution < 1.29 is 29.4 Å². The van der Waals surface area contributed by atoms with Gasteiger partial charge in [-0.1, -0.05) is 60.1 Å². The Kier molecular flexibility index (Phi) is 12.4. The highest BCUT2D eigenvalue weighted by molar-refractivity contribution is 5.94. The van der Waals surface area contributed by atoms with E-state index >= 15 is 0 Å². The first-order chi connectivity index (χ1) is 16.8. The summed E-state index contributed by atoms with van der Waals surface area (Å²) < 4.78 is 0. The van der Waals surface area contributed by atoms with E-state index in [1.54, 1.807) is 26.0 Å². The van der Waals surface area contributed by atoms with Crippen molar-refractivity contribution in [1.82, 2.24) is 16.0 Å². The number of amides is 3. The summed E-state index contributed by atoms with van der Waals surface area (Å²) in [7, 11) is 0. The van der Waals surface area contributed by atoms with E-state index in [0.29, 0.717) is 18.4 Å². The maximum atomic E-state index is 13.3. The molecule has 0 fully saturated rings. The number of nitrogens with one attached hydrogen (secondary N) is 3. The van der Waals surface area contributed by atoms with Gasteiger partial charge in [0.05, 0.1) is 6.04 Å². The molecule has 7 N–H and O–H groups in total. The minimum atomic E-state index is -1.18. The number of rotatable bonds is 14. The highest BCUT2D eigenvalue weighted by Crippen LogP contribution is 2.14. The van der Waals surface area contributed by atoms with Gasteiger partial charge in [-0.2, -0.15) is 0 Å². The van der Waals surface area contributed by atoms with Crippen molar-refractivity contribution in [2.45, 2.75) is 85.0 Å². The van der Waals surface area contributed by atoms with Crippen molar-refractivity contribution in [2.75, 3.05) is 0 Å². The maximum absolute atomic E-state index is 13.3. The predicted molar refractivity (Wildman–Crippen MR) is 137 cm³/mol. The van der Waals surface area contributed by atoms with E-state index < -0.39 is 47.9 Å². The lowest BCUT2D eigenvalue weighted by atomic mass is 9.96. The number of aliphatic carboxylic acids is 1. The van der Waals surface area contributed by atoms with Crippen LogP contribution in [0.15, 0.2) is 24.3 Å². The van der Waals surface area contributed by atoms with Gasteiger partial charge >= 0.3 is 5.97 Å². The number of carboxylic acid groups (broad SMARTS) is 1. The second-order valence-electron chi connectivity index (χ2n) is 10.1. The van der Waals surface area contributed by atoms with Crippen molar-refractivity contribution in [3.63, 3.8) is 0 Å². The second-order valence-corrected chi connectivity index (χ2v) is 10.1. The van der Waals surface area contributed by atoms with Crippen molar-refractivity contribution >= 4 is 23.7 Å². The average Bonchev–Trinajstić information content (AvgIpc) is 2.79. The number of nitrogens with two attached hydrogens (primary N) is 1. The van der Waals surface area contributed by atoms with Crippen LogP contribution in [-0.4, -0.2) is 58.1 Å². The number of aromatic hydroxyl groups is 1. The molecule has 0 aromatic heterocycles. The molecular weight excluding hydrogens is 464 g/mol. The molecule has 0 heterocycles. The summed E-state index contributed by atoms with van der Waals surface area (Å²) in [6.45, 7) is 10.9. The standard InChI is InChI=1S/C26H42N4O6/c1-7-16(6)22(30-23(32)19(27)12-14(2)3)25(34)28-20(13-17-8-10-18(31)11-9-17)24(33)29-21(15(4)5)26(35)36/h8-11,14-16,19-22,31H,7,12-13,27H2,1-6H3,(H,28,34)(H,29,33)(H,30,32)(H,35,36). The Hall–Kier alpha value is -3.14. The number of phenols is 1. The molecule has 10 nitrogen and oxygen atoms in total. The summed E-state index contributed by atoms with van der Waals surface area (Å²) in [5.74, 6) is -3.25. The zero-order valence-electron chi connectivity index (χ0n) is 22.1. The number of carbonyl (C=O) groups is 4. The van der Waals surface area contributed by atoms with Gasteiger partial charge in [-0.25, -0.2) is 4.79 Å². The highest BCUT2D eigenvalue weighted by Gasteiger charge is 2.33. The largest absolute Gasteiger partial charge is 0.508 e. The highest BCUT2D eigenvalue weighted by atomic mass is 16.4. The number of hydrogen-bond donors (Lipinski definition) is 6. The van der Waals surface area contributed by atoms with Gasteiger partial charge in [0.1, 0.15) is 23.9 Å². The lowest BCUT2D eigenvalue weighted by Gasteiger charge is -2.28. The fourth-order valence-electron chi connectivity index (χ4n) is 3.68. The van der Waals surface area contributed by atoms with Gasteiger partial charge in [-0.3, -0.25) is 14.4 Å². The molecule has 0 aliphatic rings. The van der Waals surface area contributed by atoms with Crippen molar-refractivity contribution in [2.24, 2.45) is 23.5 Å². The molecule has 202 valence electrons. The fraction of sp³-hybridized carbons (Fsp3) is 0.615. The van der Waals surface area contributed by atoms with E-state index in [1.807, 2.05) is 27.7 Å². The van der Waals surface area contributed by atoms with Gasteiger partial charge in [0, 0.05) is 6.42 Å². The third-order valence-electron chi connectivity index (χ3n) is 6.09. The van der Waals surface area contributed by atoms with Crippen molar-refractivity contribution in [3.8, 4) is 5.75 Å². The molecule has 10 heteroatoms. The minimum Gasteiger partial charge on any atom is -0.508 e. The van der Waals surface area contributed by atoms with Gasteiger partial charge in [-0.15, -0.1) is 0 Å². The Bertz CT molecular complexity index is 887. The first-order valence-corrected chi connectivity index (χ1v) is 12.4. The normalized spacial score (nSPS) is 15.5. The Morgan fingerprint density at radius 1 is 0.861 bits per heavy atom. The smallest absolute Gasteiger partial charge is 0.326 e. The quantitative estimate of drug-likeness (QED) is 0.222. The van der Waals surface area contributed by atoms with E-state index in [0.717, 1.165) is 0 Å². The molecule has 36 heavy (non-hydrogen) atoms. The molecule has 0 bridgehead atoms. The number of hydrogen-bond acceptors (Lipinski definition) is 6. The molecule has 1 aromatic carbocycles. The van der Waals surface area contributed by atoms with Gasteiger partial charge in [0.2, 0.25) is 17.7 Å². The lowest BCUT2D eigenvalue weighted by Crippen LogP contribution is -2.59. The molecule has 1 aromatic rings. The first kappa shape index (κ1) is 30.9. The van der Waals surface area contributed by atoms with Gasteiger partial charge < -0.3 is 31.9 Å². The molecule has 0 aliphatic heterocycles. The summed E-state index contributed by atoms with van der Waals surface area (Å²) >= 11 is 0. The van der Waals surface area contributed by atoms with E-state index in [9.17, 15) is 29.4 Å². The predicted octanol–water partition coefficient (Wildman–Crippen LogP) is 1.55. The molecule has 0 spiro atoms. The third kappa shape index (κ3) is 9.85. The molecule has 0 radical (unpaired) electrons. The molecular formula is C26H42N4O6. The van der Waals surface area contributed by atoms with Crippen LogP contribution in [0.2, 0.25) is 0 Å². The van der Waals surface area contributed by atoms with Crippen LogP contribution >= 0.6 is 0 Å². The third-order valence-corrected chi connectivity index (χ3v) is 6.09. The van der Waals surface area contributed by atoms with Crippen LogP contribution < -0.4 is 21.7 Å².